The summed E-state index contributed by atoms with van der Waals surface area (Å²) >= 11 is 0. The van der Waals surface area contributed by atoms with E-state index in [1.807, 2.05) is 13.8 Å². The minimum atomic E-state index is -1.61. The summed E-state index contributed by atoms with van der Waals surface area (Å²) < 4.78 is 0. The molecule has 0 saturated carbocycles. The van der Waals surface area contributed by atoms with E-state index in [1.165, 1.54) is 0 Å². The molecule has 0 aromatic heterocycles. The van der Waals surface area contributed by atoms with Crippen molar-refractivity contribution < 1.29 is 19.8 Å². The topological polar surface area (TPSA) is 74.6 Å². The van der Waals surface area contributed by atoms with Crippen LogP contribution in [0, 0.1) is 17.3 Å². The second-order valence-electron chi connectivity index (χ2n) is 5.80. The van der Waals surface area contributed by atoms with E-state index in [0.717, 1.165) is 25.7 Å². The summed E-state index contributed by atoms with van der Waals surface area (Å²) in [5.41, 5.74) is -1.61. The van der Waals surface area contributed by atoms with Gasteiger partial charge in [0.1, 0.15) is 0 Å². The van der Waals surface area contributed by atoms with Crippen LogP contribution in [0.4, 0.5) is 0 Å². The van der Waals surface area contributed by atoms with E-state index in [0.29, 0.717) is 12.3 Å². The Labute approximate surface area is 122 Å². The van der Waals surface area contributed by atoms with Crippen molar-refractivity contribution >= 4 is 11.9 Å². The quantitative estimate of drug-likeness (QED) is 0.559. The van der Waals surface area contributed by atoms with Crippen LogP contribution < -0.4 is 0 Å². The van der Waals surface area contributed by atoms with Gasteiger partial charge in [0, 0.05) is 0 Å². The Hall–Kier alpha value is -1.06. The van der Waals surface area contributed by atoms with E-state index in [9.17, 15) is 19.8 Å². The molecule has 0 heterocycles. The fraction of sp³-hybridized carbons (Fsp3) is 0.875. The fourth-order valence-corrected chi connectivity index (χ4v) is 2.80. The minimum Gasteiger partial charge on any atom is -0.480 e. The monoisotopic (exact) mass is 286 g/mol. The van der Waals surface area contributed by atoms with Gasteiger partial charge in [-0.2, -0.15) is 0 Å². The van der Waals surface area contributed by atoms with Crippen molar-refractivity contribution in [3.63, 3.8) is 0 Å². The van der Waals surface area contributed by atoms with Crippen LogP contribution in [0.3, 0.4) is 0 Å². The molecular weight excluding hydrogens is 256 g/mol. The third-order valence-electron chi connectivity index (χ3n) is 4.74. The van der Waals surface area contributed by atoms with Crippen molar-refractivity contribution in [1.82, 2.24) is 0 Å². The van der Waals surface area contributed by atoms with Crippen molar-refractivity contribution in [2.75, 3.05) is 0 Å². The molecule has 0 atom stereocenters. The number of carbonyl (C=O) groups is 2. The van der Waals surface area contributed by atoms with Crippen LogP contribution in [0.15, 0.2) is 0 Å². The Morgan fingerprint density at radius 3 is 1.55 bits per heavy atom. The molecule has 0 spiro atoms. The van der Waals surface area contributed by atoms with Crippen LogP contribution in [0.25, 0.3) is 0 Å². The molecule has 0 aromatic rings. The van der Waals surface area contributed by atoms with Crippen molar-refractivity contribution in [3.8, 4) is 0 Å². The molecule has 0 amide bonds. The fourth-order valence-electron chi connectivity index (χ4n) is 2.80. The summed E-state index contributed by atoms with van der Waals surface area (Å²) in [6.45, 7) is 8.11. The maximum Gasteiger partial charge on any atom is 0.321 e. The van der Waals surface area contributed by atoms with Gasteiger partial charge in [-0.1, -0.05) is 53.4 Å². The molecule has 0 aliphatic heterocycles. The van der Waals surface area contributed by atoms with E-state index < -0.39 is 17.4 Å². The molecule has 0 aliphatic carbocycles. The summed E-state index contributed by atoms with van der Waals surface area (Å²) in [6, 6.07) is 0. The molecule has 2 N–H and O–H groups in total. The Kier molecular flexibility index (Phi) is 8.51. The smallest absolute Gasteiger partial charge is 0.321 e. The lowest BCUT2D eigenvalue weighted by Crippen LogP contribution is -2.41. The van der Waals surface area contributed by atoms with E-state index >= 15 is 0 Å². The van der Waals surface area contributed by atoms with Crippen LogP contribution in [-0.4, -0.2) is 22.2 Å². The highest BCUT2D eigenvalue weighted by atomic mass is 16.4. The van der Waals surface area contributed by atoms with Crippen LogP contribution in [0.2, 0.25) is 0 Å². The lowest BCUT2D eigenvalue weighted by atomic mass is 9.73. The van der Waals surface area contributed by atoms with Gasteiger partial charge in [-0.25, -0.2) is 0 Å². The van der Waals surface area contributed by atoms with E-state index in [1.54, 1.807) is 0 Å². The van der Waals surface area contributed by atoms with E-state index in [4.69, 9.17) is 0 Å². The molecule has 0 bridgehead atoms. The Morgan fingerprint density at radius 1 is 0.850 bits per heavy atom. The molecule has 0 aromatic carbocycles. The van der Waals surface area contributed by atoms with E-state index in [-0.39, 0.29) is 18.8 Å². The van der Waals surface area contributed by atoms with E-state index in [2.05, 4.69) is 13.8 Å². The van der Waals surface area contributed by atoms with Gasteiger partial charge in [0.2, 0.25) is 0 Å². The summed E-state index contributed by atoms with van der Waals surface area (Å²) in [5, 5.41) is 19.0. The van der Waals surface area contributed by atoms with Gasteiger partial charge < -0.3 is 10.2 Å². The Bertz CT molecular complexity index is 290. The highest BCUT2D eigenvalue weighted by Crippen LogP contribution is 2.37. The van der Waals surface area contributed by atoms with Gasteiger partial charge in [0.25, 0.3) is 0 Å². The van der Waals surface area contributed by atoms with Crippen LogP contribution in [-0.2, 0) is 9.59 Å². The van der Waals surface area contributed by atoms with Crippen LogP contribution in [0.5, 0.6) is 0 Å². The molecule has 0 saturated heterocycles. The minimum absolute atomic E-state index is 0.156. The normalized spacial score (nSPS) is 12.1. The summed E-state index contributed by atoms with van der Waals surface area (Å²) in [7, 11) is 0. The molecule has 4 nitrogen and oxygen atoms in total. The van der Waals surface area contributed by atoms with Gasteiger partial charge >= 0.3 is 11.9 Å². The molecule has 4 heteroatoms. The molecular formula is C16H30O4. The first-order valence-corrected chi connectivity index (χ1v) is 7.84. The van der Waals surface area contributed by atoms with Crippen molar-refractivity contribution in [3.05, 3.63) is 0 Å². The SMILES string of the molecule is CCC(CC)CCC(CC(CC)CC)(C(=O)O)C(=O)O. The van der Waals surface area contributed by atoms with Crippen LogP contribution in [0.1, 0.15) is 72.6 Å². The first-order valence-electron chi connectivity index (χ1n) is 7.84. The molecule has 0 radical (unpaired) electrons. The highest BCUT2D eigenvalue weighted by Gasteiger charge is 2.47. The van der Waals surface area contributed by atoms with Crippen molar-refractivity contribution in [2.45, 2.75) is 72.6 Å². The largest absolute Gasteiger partial charge is 0.480 e. The molecule has 0 rings (SSSR count). The second-order valence-corrected chi connectivity index (χ2v) is 5.80. The molecule has 118 valence electrons. The number of hydrogen-bond donors (Lipinski definition) is 2. The Balaban J connectivity index is 5.12. The number of rotatable bonds is 11. The van der Waals surface area contributed by atoms with Crippen LogP contribution >= 0.6 is 0 Å². The third-order valence-corrected chi connectivity index (χ3v) is 4.74. The summed E-state index contributed by atoms with van der Waals surface area (Å²) in [5.74, 6) is -1.79. The summed E-state index contributed by atoms with van der Waals surface area (Å²) in [4.78, 5) is 23.3. The number of carboxylic acids is 2. The van der Waals surface area contributed by atoms with Crippen molar-refractivity contribution in [1.29, 1.82) is 0 Å². The zero-order valence-corrected chi connectivity index (χ0v) is 13.3. The molecule has 20 heavy (non-hydrogen) atoms. The molecule has 0 aliphatic rings. The zero-order chi connectivity index (χ0) is 15.8. The average Bonchev–Trinajstić information content (AvgIpc) is 2.42. The number of aliphatic carboxylic acids is 2. The van der Waals surface area contributed by atoms with Gasteiger partial charge in [-0.05, 0) is 31.1 Å². The van der Waals surface area contributed by atoms with Gasteiger partial charge in [0.15, 0.2) is 5.41 Å². The first kappa shape index (κ1) is 18.9. The lowest BCUT2D eigenvalue weighted by molar-refractivity contribution is -0.167. The standard InChI is InChI=1S/C16H30O4/c1-5-12(6-2)9-10-16(14(17)18,15(19)20)11-13(7-3)8-4/h12-13H,5-11H2,1-4H3,(H,17,18)(H,19,20). The predicted octanol–water partition coefficient (Wildman–Crippen LogP) is 4.18. The summed E-state index contributed by atoms with van der Waals surface area (Å²) in [6.07, 6.45) is 4.73. The van der Waals surface area contributed by atoms with Gasteiger partial charge in [-0.15, -0.1) is 0 Å². The van der Waals surface area contributed by atoms with Gasteiger partial charge in [-0.3, -0.25) is 9.59 Å². The first-order chi connectivity index (χ1) is 9.37. The zero-order valence-electron chi connectivity index (χ0n) is 13.3. The molecule has 0 fully saturated rings. The van der Waals surface area contributed by atoms with Gasteiger partial charge in [0.05, 0.1) is 0 Å². The average molecular weight is 286 g/mol. The Morgan fingerprint density at radius 2 is 1.25 bits per heavy atom. The highest BCUT2D eigenvalue weighted by molar-refractivity contribution is 5.98. The number of carboxylic acid groups (broad SMARTS) is 2. The van der Waals surface area contributed by atoms with Crippen molar-refractivity contribution in [2.24, 2.45) is 17.3 Å². The number of hydrogen-bond acceptors (Lipinski definition) is 2. The maximum atomic E-state index is 11.6. The lowest BCUT2D eigenvalue weighted by Gasteiger charge is -2.30. The predicted molar refractivity (Wildman–Crippen MR) is 79.7 cm³/mol. The second kappa shape index (κ2) is 8.98. The molecule has 0 unspecified atom stereocenters. The maximum absolute atomic E-state index is 11.6. The third kappa shape index (κ3) is 4.80.